The number of halogens is 6. The number of nitrogens with one attached hydrogen (secondary N) is 2. The van der Waals surface area contributed by atoms with E-state index in [4.69, 9.17) is 21.1 Å². The van der Waals surface area contributed by atoms with Gasteiger partial charge in [0, 0.05) is 6.07 Å². The van der Waals surface area contributed by atoms with Crippen molar-refractivity contribution in [3.63, 3.8) is 0 Å². The zero-order valence-corrected chi connectivity index (χ0v) is 13.5. The first kappa shape index (κ1) is 20.6. The normalized spacial score (nSPS) is 11.7. The van der Waals surface area contributed by atoms with E-state index in [2.05, 4.69) is 10.5 Å². The van der Waals surface area contributed by atoms with E-state index in [1.165, 1.54) is 6.07 Å². The lowest BCUT2D eigenvalue weighted by Crippen LogP contribution is -2.21. The van der Waals surface area contributed by atoms with Crippen LogP contribution in [-0.4, -0.2) is 11.5 Å². The van der Waals surface area contributed by atoms with Crippen LogP contribution in [-0.2, 0) is 6.18 Å². The number of amidine groups is 1. The molecule has 0 amide bonds. The molecule has 0 atom stereocenters. The minimum atomic E-state index is -4.98. The van der Waals surface area contributed by atoms with Gasteiger partial charge in [0.05, 0.1) is 11.3 Å². The fraction of sp³-hybridized carbons (Fsp3) is 0.0625. The summed E-state index contributed by atoms with van der Waals surface area (Å²) in [5.41, 5.74) is 5.24. The molecule has 6 nitrogen and oxygen atoms in total. The minimum absolute atomic E-state index is 0.00870. The highest BCUT2D eigenvalue weighted by Gasteiger charge is 2.33. The molecule has 4 N–H and O–H groups in total. The van der Waals surface area contributed by atoms with E-state index in [1.54, 1.807) is 0 Å². The first-order valence-corrected chi connectivity index (χ1v) is 7.14. The monoisotopic (exact) mass is 401 g/mol. The molecule has 28 heavy (non-hydrogen) atoms. The number of hydrogen-bond donors (Lipinski definition) is 3. The average molecular weight is 401 g/mol. The van der Waals surface area contributed by atoms with Crippen molar-refractivity contribution in [1.29, 1.82) is 10.7 Å². The lowest BCUT2D eigenvalue weighted by atomic mass is 10.2. The maximum Gasteiger partial charge on any atom is 0.416 e. The molecule has 0 saturated carbocycles. The van der Waals surface area contributed by atoms with Crippen LogP contribution >= 0.6 is 0 Å². The van der Waals surface area contributed by atoms with Crippen LogP contribution in [0.4, 0.5) is 32.0 Å². The summed E-state index contributed by atoms with van der Waals surface area (Å²) in [5.74, 6) is -7.09. The summed E-state index contributed by atoms with van der Waals surface area (Å²) in [5, 5.41) is 19.3. The van der Waals surface area contributed by atoms with Gasteiger partial charge in [0.1, 0.15) is 6.07 Å². The fourth-order valence-electron chi connectivity index (χ4n) is 1.85. The Hall–Kier alpha value is -3.75. The Morgan fingerprint density at radius 1 is 1.11 bits per heavy atom. The van der Waals surface area contributed by atoms with Gasteiger partial charge in [0.25, 0.3) is 0 Å². The van der Waals surface area contributed by atoms with Gasteiger partial charge in [0.2, 0.25) is 5.71 Å². The lowest BCUT2D eigenvalue weighted by Gasteiger charge is -2.13. The average Bonchev–Trinajstić information content (AvgIpc) is 2.59. The molecule has 0 spiro atoms. The van der Waals surface area contributed by atoms with E-state index in [9.17, 15) is 26.3 Å². The second kappa shape index (κ2) is 7.87. The number of nitrogens with zero attached hydrogens (tertiary/aromatic N) is 2. The quantitative estimate of drug-likeness (QED) is 0.303. The van der Waals surface area contributed by atoms with Crippen LogP contribution in [0.1, 0.15) is 5.56 Å². The molecular formula is C16H9F6N5O. The minimum Gasteiger partial charge on any atom is -0.448 e. The molecule has 0 unspecified atom stereocenters. The molecule has 0 radical (unpaired) electrons. The standard InChI is InChI=1S/C16H9F6N5O/c17-9-2-1-8(26-27-12(6-23)15(24)25)5-13(9)28-14-10(18)3-7(4-11(14)19)16(20,21)22/h1-5,26H,(H3,24,25)/b27-12+. The number of benzene rings is 2. The van der Waals surface area contributed by atoms with E-state index in [1.807, 2.05) is 0 Å². The smallest absolute Gasteiger partial charge is 0.416 e. The molecule has 2 aromatic carbocycles. The van der Waals surface area contributed by atoms with Crippen LogP contribution in [0.2, 0.25) is 0 Å². The molecule has 12 heteroatoms. The molecule has 0 aromatic heterocycles. The molecule has 0 heterocycles. The second-order valence-corrected chi connectivity index (χ2v) is 5.11. The summed E-state index contributed by atoms with van der Waals surface area (Å²) in [6.07, 6.45) is -4.98. The van der Waals surface area contributed by atoms with E-state index in [-0.39, 0.29) is 17.8 Å². The number of alkyl halides is 3. The number of nitriles is 1. The highest BCUT2D eigenvalue weighted by atomic mass is 19.4. The van der Waals surface area contributed by atoms with Gasteiger partial charge in [-0.1, -0.05) is 0 Å². The Kier molecular flexibility index (Phi) is 5.78. The SMILES string of the molecule is N#C/C(=N\Nc1ccc(F)c(Oc2c(F)cc(C(F)(F)F)cc2F)c1)C(=N)N. The van der Waals surface area contributed by atoms with E-state index in [0.29, 0.717) is 0 Å². The number of anilines is 1. The molecule has 2 rings (SSSR count). The molecule has 0 saturated heterocycles. The Labute approximate surface area is 153 Å². The van der Waals surface area contributed by atoms with Crippen molar-refractivity contribution in [2.24, 2.45) is 10.8 Å². The summed E-state index contributed by atoms with van der Waals surface area (Å²) in [6.45, 7) is 0. The van der Waals surface area contributed by atoms with Crippen LogP contribution in [0.5, 0.6) is 11.5 Å². The Balaban J connectivity index is 2.35. The van der Waals surface area contributed by atoms with Crippen molar-refractivity contribution in [2.45, 2.75) is 6.18 Å². The lowest BCUT2D eigenvalue weighted by molar-refractivity contribution is -0.138. The molecule has 0 aliphatic carbocycles. The van der Waals surface area contributed by atoms with Crippen LogP contribution in [0.25, 0.3) is 0 Å². The van der Waals surface area contributed by atoms with Crippen LogP contribution in [0.15, 0.2) is 35.4 Å². The summed E-state index contributed by atoms with van der Waals surface area (Å²) < 4.78 is 84.0. The van der Waals surface area contributed by atoms with E-state index in [0.717, 1.165) is 18.2 Å². The van der Waals surface area contributed by atoms with E-state index < -0.39 is 52.2 Å². The van der Waals surface area contributed by atoms with Gasteiger partial charge in [-0.15, -0.1) is 0 Å². The van der Waals surface area contributed by atoms with Crippen molar-refractivity contribution in [3.05, 3.63) is 53.3 Å². The van der Waals surface area contributed by atoms with Gasteiger partial charge in [-0.05, 0) is 24.3 Å². The molecule has 146 valence electrons. The zero-order valence-electron chi connectivity index (χ0n) is 13.5. The van der Waals surface area contributed by atoms with Gasteiger partial charge in [-0.25, -0.2) is 13.2 Å². The molecule has 0 aliphatic heterocycles. The summed E-state index contributed by atoms with van der Waals surface area (Å²) in [4.78, 5) is 0. The van der Waals surface area contributed by atoms with Gasteiger partial charge in [-0.2, -0.15) is 23.5 Å². The number of nitrogens with two attached hydrogens (primary N) is 1. The first-order valence-electron chi connectivity index (χ1n) is 7.14. The topological polar surface area (TPSA) is 107 Å². The third-order valence-corrected chi connectivity index (χ3v) is 3.13. The summed E-state index contributed by atoms with van der Waals surface area (Å²) >= 11 is 0. The first-order chi connectivity index (χ1) is 13.0. The maximum atomic E-state index is 13.9. The third kappa shape index (κ3) is 4.70. The number of hydrazone groups is 1. The van der Waals surface area contributed by atoms with Gasteiger partial charge in [0.15, 0.2) is 34.8 Å². The number of ether oxygens (including phenoxy) is 1. The Morgan fingerprint density at radius 3 is 2.21 bits per heavy atom. The van der Waals surface area contributed by atoms with Crippen molar-refractivity contribution in [1.82, 2.24) is 0 Å². The van der Waals surface area contributed by atoms with Crippen LogP contribution in [0.3, 0.4) is 0 Å². The predicted octanol–water partition coefficient (Wildman–Crippen LogP) is 4.14. The van der Waals surface area contributed by atoms with Crippen LogP contribution < -0.4 is 15.9 Å². The molecule has 0 aliphatic rings. The van der Waals surface area contributed by atoms with Gasteiger partial charge >= 0.3 is 6.18 Å². The predicted molar refractivity (Wildman–Crippen MR) is 86.4 cm³/mol. The molecule has 0 fully saturated rings. The fourth-order valence-corrected chi connectivity index (χ4v) is 1.85. The van der Waals surface area contributed by atoms with Gasteiger partial charge in [-0.3, -0.25) is 10.8 Å². The third-order valence-electron chi connectivity index (χ3n) is 3.13. The maximum absolute atomic E-state index is 13.9. The second-order valence-electron chi connectivity index (χ2n) is 5.11. The summed E-state index contributed by atoms with van der Waals surface area (Å²) in [6, 6.07) is 4.33. The van der Waals surface area contributed by atoms with Crippen LogP contribution in [0, 0.1) is 34.2 Å². The Morgan fingerprint density at radius 2 is 1.71 bits per heavy atom. The highest BCUT2D eigenvalue weighted by molar-refractivity contribution is 6.45. The van der Waals surface area contributed by atoms with Crippen molar-refractivity contribution >= 4 is 17.2 Å². The van der Waals surface area contributed by atoms with Crippen molar-refractivity contribution in [2.75, 3.05) is 5.43 Å². The molecule has 2 aromatic rings. The van der Waals surface area contributed by atoms with Crippen molar-refractivity contribution in [3.8, 4) is 17.6 Å². The molecule has 0 bridgehead atoms. The van der Waals surface area contributed by atoms with Crippen molar-refractivity contribution < 1.29 is 31.1 Å². The molecular weight excluding hydrogens is 392 g/mol. The van der Waals surface area contributed by atoms with E-state index >= 15 is 0 Å². The highest BCUT2D eigenvalue weighted by Crippen LogP contribution is 2.36. The summed E-state index contributed by atoms with van der Waals surface area (Å²) in [7, 11) is 0. The largest absolute Gasteiger partial charge is 0.448 e. The number of hydrogen-bond acceptors (Lipinski definition) is 5. The zero-order chi connectivity index (χ0) is 21.1. The number of rotatable bonds is 5. The van der Waals surface area contributed by atoms with Gasteiger partial charge < -0.3 is 10.5 Å². The Bertz CT molecular complexity index is 973.